The summed E-state index contributed by atoms with van der Waals surface area (Å²) in [6.45, 7) is 0. The molecule has 0 aliphatic rings. The molecule has 0 aliphatic heterocycles. The Morgan fingerprint density at radius 2 is 1.91 bits per heavy atom. The van der Waals surface area contributed by atoms with Crippen LogP contribution in [0.1, 0.15) is 0 Å². The fraction of sp³-hybridized carbons (Fsp3) is 0. The van der Waals surface area contributed by atoms with Crippen molar-refractivity contribution in [3.8, 4) is 0 Å². The number of benzene rings is 1. The van der Waals surface area contributed by atoms with Crippen molar-refractivity contribution in [2.24, 2.45) is 0 Å². The minimum absolute atomic E-state index is 1.03. The third kappa shape index (κ3) is 2.67. The van der Waals surface area contributed by atoms with Gasteiger partial charge in [-0.05, 0) is 18.2 Å². The first-order valence-corrected chi connectivity index (χ1v) is 3.40. The Morgan fingerprint density at radius 3 is 2.55 bits per heavy atom. The zero-order chi connectivity index (χ0) is 7.94. The molecule has 0 heterocycles. The standard InChI is InChI=1S/C9H10N2/c10-7-4-8-11-9-5-2-1-3-6-9/h1-8,10-11H/b8-4-,10-7?. The normalized spacial score (nSPS) is 9.82. The van der Waals surface area contributed by atoms with Gasteiger partial charge in [0.05, 0.1) is 0 Å². The van der Waals surface area contributed by atoms with Crippen molar-refractivity contribution in [2.75, 3.05) is 5.32 Å². The lowest BCUT2D eigenvalue weighted by atomic mass is 10.3. The fourth-order valence-corrected chi connectivity index (χ4v) is 0.727. The van der Waals surface area contributed by atoms with Crippen molar-refractivity contribution in [2.45, 2.75) is 0 Å². The molecule has 1 aromatic rings. The van der Waals surface area contributed by atoms with Gasteiger partial charge in [-0.25, -0.2) is 0 Å². The summed E-state index contributed by atoms with van der Waals surface area (Å²) in [6.07, 6.45) is 4.59. The highest BCUT2D eigenvalue weighted by atomic mass is 14.8. The number of hydrogen-bond acceptors (Lipinski definition) is 2. The van der Waals surface area contributed by atoms with Gasteiger partial charge in [0, 0.05) is 18.1 Å². The van der Waals surface area contributed by atoms with Crippen molar-refractivity contribution >= 4 is 11.9 Å². The average Bonchev–Trinajstić information content (AvgIpc) is 2.07. The summed E-state index contributed by atoms with van der Waals surface area (Å²) >= 11 is 0. The van der Waals surface area contributed by atoms with Gasteiger partial charge < -0.3 is 10.7 Å². The number of anilines is 1. The lowest BCUT2D eigenvalue weighted by Gasteiger charge is -1.96. The molecule has 11 heavy (non-hydrogen) atoms. The second-order valence-electron chi connectivity index (χ2n) is 2.04. The molecule has 0 aromatic heterocycles. The van der Waals surface area contributed by atoms with E-state index in [2.05, 4.69) is 5.32 Å². The van der Waals surface area contributed by atoms with Crippen LogP contribution in [0, 0.1) is 5.41 Å². The van der Waals surface area contributed by atoms with Crippen molar-refractivity contribution in [1.29, 1.82) is 5.41 Å². The van der Waals surface area contributed by atoms with Gasteiger partial charge in [0.15, 0.2) is 0 Å². The zero-order valence-corrected chi connectivity index (χ0v) is 6.12. The van der Waals surface area contributed by atoms with E-state index in [1.54, 1.807) is 12.3 Å². The molecule has 0 saturated carbocycles. The van der Waals surface area contributed by atoms with Crippen LogP contribution in [0.2, 0.25) is 0 Å². The molecule has 0 saturated heterocycles. The summed E-state index contributed by atoms with van der Waals surface area (Å²) < 4.78 is 0. The summed E-state index contributed by atoms with van der Waals surface area (Å²) in [5.41, 5.74) is 1.03. The number of para-hydroxylation sites is 1. The van der Waals surface area contributed by atoms with Gasteiger partial charge in [0.25, 0.3) is 0 Å². The predicted molar refractivity (Wildman–Crippen MR) is 48.0 cm³/mol. The first-order valence-electron chi connectivity index (χ1n) is 3.40. The second-order valence-corrected chi connectivity index (χ2v) is 2.04. The summed E-state index contributed by atoms with van der Waals surface area (Å²) in [5, 5.41) is 9.73. The summed E-state index contributed by atoms with van der Waals surface area (Å²) in [4.78, 5) is 0. The van der Waals surface area contributed by atoms with Crippen molar-refractivity contribution in [1.82, 2.24) is 0 Å². The highest BCUT2D eigenvalue weighted by Gasteiger charge is 1.80. The Hall–Kier alpha value is -1.57. The molecular formula is C9H10N2. The molecule has 0 fully saturated rings. The summed E-state index contributed by atoms with van der Waals surface area (Å²) in [5.74, 6) is 0. The first-order chi connectivity index (χ1) is 5.43. The van der Waals surface area contributed by atoms with E-state index < -0.39 is 0 Å². The maximum Gasteiger partial charge on any atom is 0.0379 e. The van der Waals surface area contributed by atoms with Gasteiger partial charge in [0.1, 0.15) is 0 Å². The van der Waals surface area contributed by atoms with Crippen molar-refractivity contribution in [3.05, 3.63) is 42.6 Å². The van der Waals surface area contributed by atoms with Crippen LogP contribution in [-0.2, 0) is 0 Å². The van der Waals surface area contributed by atoms with E-state index in [0.717, 1.165) is 5.69 Å². The Labute approximate surface area is 66.1 Å². The molecule has 0 spiro atoms. The molecule has 56 valence electrons. The molecular weight excluding hydrogens is 136 g/mol. The van der Waals surface area contributed by atoms with Crippen LogP contribution in [0.4, 0.5) is 5.69 Å². The lowest BCUT2D eigenvalue weighted by Crippen LogP contribution is -1.85. The quantitative estimate of drug-likeness (QED) is 0.630. The van der Waals surface area contributed by atoms with Crippen molar-refractivity contribution in [3.63, 3.8) is 0 Å². The maximum absolute atomic E-state index is 6.72. The molecule has 0 radical (unpaired) electrons. The van der Waals surface area contributed by atoms with Crippen LogP contribution in [-0.4, -0.2) is 6.21 Å². The van der Waals surface area contributed by atoms with Gasteiger partial charge in [-0.3, -0.25) is 0 Å². The van der Waals surface area contributed by atoms with E-state index in [-0.39, 0.29) is 0 Å². The predicted octanol–water partition coefficient (Wildman–Crippen LogP) is 2.26. The van der Waals surface area contributed by atoms with E-state index in [4.69, 9.17) is 5.41 Å². The Kier molecular flexibility index (Phi) is 2.93. The maximum atomic E-state index is 6.72. The third-order valence-electron chi connectivity index (χ3n) is 1.22. The van der Waals surface area contributed by atoms with Gasteiger partial charge in [-0.2, -0.15) is 0 Å². The van der Waals surface area contributed by atoms with Crippen LogP contribution in [0.5, 0.6) is 0 Å². The van der Waals surface area contributed by atoms with E-state index in [1.807, 2.05) is 30.3 Å². The fourth-order valence-electron chi connectivity index (χ4n) is 0.727. The number of hydrogen-bond donors (Lipinski definition) is 2. The van der Waals surface area contributed by atoms with E-state index in [0.29, 0.717) is 0 Å². The van der Waals surface area contributed by atoms with Gasteiger partial charge in [0.2, 0.25) is 0 Å². The number of allylic oxidation sites excluding steroid dienone is 1. The Morgan fingerprint density at radius 1 is 1.18 bits per heavy atom. The molecule has 0 amide bonds. The van der Waals surface area contributed by atoms with E-state index in [9.17, 15) is 0 Å². The highest BCUT2D eigenvalue weighted by Crippen LogP contribution is 2.03. The zero-order valence-electron chi connectivity index (χ0n) is 6.12. The van der Waals surface area contributed by atoms with Crippen LogP contribution in [0.25, 0.3) is 0 Å². The molecule has 2 heteroatoms. The topological polar surface area (TPSA) is 35.9 Å². The molecule has 0 aliphatic carbocycles. The molecule has 0 unspecified atom stereocenters. The molecule has 2 N–H and O–H groups in total. The summed E-state index contributed by atoms with van der Waals surface area (Å²) in [6, 6.07) is 9.81. The minimum atomic E-state index is 1.03. The molecule has 1 rings (SSSR count). The van der Waals surface area contributed by atoms with Crippen LogP contribution in [0.15, 0.2) is 42.6 Å². The molecule has 0 atom stereocenters. The highest BCUT2D eigenvalue weighted by molar-refractivity contribution is 5.68. The van der Waals surface area contributed by atoms with Crippen molar-refractivity contribution < 1.29 is 0 Å². The van der Waals surface area contributed by atoms with Gasteiger partial charge in [-0.15, -0.1) is 0 Å². The largest absolute Gasteiger partial charge is 0.362 e. The van der Waals surface area contributed by atoms with Crippen LogP contribution >= 0.6 is 0 Å². The molecule has 0 bridgehead atoms. The van der Waals surface area contributed by atoms with E-state index in [1.165, 1.54) is 6.21 Å². The SMILES string of the molecule is N=C/C=C\Nc1ccccc1. The molecule has 1 aromatic carbocycles. The molecule has 2 nitrogen and oxygen atoms in total. The third-order valence-corrected chi connectivity index (χ3v) is 1.22. The Bertz CT molecular complexity index is 239. The Balaban J connectivity index is 2.51. The minimum Gasteiger partial charge on any atom is -0.362 e. The van der Waals surface area contributed by atoms with Crippen LogP contribution < -0.4 is 5.32 Å². The lowest BCUT2D eigenvalue weighted by molar-refractivity contribution is 1.56. The first kappa shape index (κ1) is 7.54. The average molecular weight is 146 g/mol. The second kappa shape index (κ2) is 4.28. The number of nitrogens with one attached hydrogen (secondary N) is 2. The van der Waals surface area contributed by atoms with Crippen LogP contribution in [0.3, 0.4) is 0 Å². The van der Waals surface area contributed by atoms with Gasteiger partial charge >= 0.3 is 0 Å². The number of rotatable bonds is 3. The monoisotopic (exact) mass is 146 g/mol. The van der Waals surface area contributed by atoms with E-state index >= 15 is 0 Å². The smallest absolute Gasteiger partial charge is 0.0379 e. The van der Waals surface area contributed by atoms with Gasteiger partial charge in [-0.1, -0.05) is 18.2 Å². The summed E-state index contributed by atoms with van der Waals surface area (Å²) in [7, 11) is 0.